The molecule has 0 aliphatic carbocycles. The minimum Gasteiger partial charge on any atom is -0.354 e. The first-order valence-corrected chi connectivity index (χ1v) is 10.8. The van der Waals surface area contributed by atoms with E-state index in [1.165, 1.54) is 22.5 Å². The van der Waals surface area contributed by atoms with Gasteiger partial charge in [-0.05, 0) is 25.1 Å². The molecule has 0 bridgehead atoms. The van der Waals surface area contributed by atoms with Gasteiger partial charge >= 0.3 is 0 Å². The summed E-state index contributed by atoms with van der Waals surface area (Å²) in [5, 5.41) is 9.34. The lowest BCUT2D eigenvalue weighted by atomic mass is 10.2. The van der Waals surface area contributed by atoms with Gasteiger partial charge < -0.3 is 4.90 Å². The molecule has 1 aromatic heterocycles. The average molecular weight is 420 g/mol. The van der Waals surface area contributed by atoms with Gasteiger partial charge in [-0.3, -0.25) is 0 Å². The van der Waals surface area contributed by atoms with E-state index in [2.05, 4.69) is 14.9 Å². The van der Waals surface area contributed by atoms with Crippen molar-refractivity contribution in [3.63, 3.8) is 0 Å². The number of rotatable bonds is 4. The van der Waals surface area contributed by atoms with E-state index in [4.69, 9.17) is 16.9 Å². The van der Waals surface area contributed by atoms with E-state index < -0.39 is 10.0 Å². The van der Waals surface area contributed by atoms with E-state index in [9.17, 15) is 8.42 Å². The molecule has 1 aliphatic heterocycles. The lowest BCUT2D eigenvalue weighted by Crippen LogP contribution is -2.49. The largest absolute Gasteiger partial charge is 0.354 e. The van der Waals surface area contributed by atoms with Gasteiger partial charge in [-0.15, -0.1) is 0 Å². The lowest BCUT2D eigenvalue weighted by Gasteiger charge is -2.35. The molecule has 148 valence electrons. The van der Waals surface area contributed by atoms with Crippen molar-refractivity contribution in [2.24, 2.45) is 0 Å². The van der Waals surface area contributed by atoms with Crippen molar-refractivity contribution in [1.29, 1.82) is 5.26 Å². The third-order valence-electron chi connectivity index (χ3n) is 4.63. The fourth-order valence-electron chi connectivity index (χ4n) is 3.05. The zero-order valence-electron chi connectivity index (χ0n) is 16.1. The second-order valence-electron chi connectivity index (χ2n) is 7.03. The summed E-state index contributed by atoms with van der Waals surface area (Å²) in [6, 6.07) is 8.06. The Kier molecular flexibility index (Phi) is 5.89. The van der Waals surface area contributed by atoms with Crippen molar-refractivity contribution in [3.05, 3.63) is 46.4 Å². The maximum atomic E-state index is 12.9. The van der Waals surface area contributed by atoms with Gasteiger partial charge in [0.25, 0.3) is 0 Å². The molecule has 9 heteroatoms. The Hall–Kier alpha value is -2.21. The highest BCUT2D eigenvalue weighted by atomic mass is 35.5. The normalized spacial score (nSPS) is 15.6. The van der Waals surface area contributed by atoms with Crippen molar-refractivity contribution in [1.82, 2.24) is 14.3 Å². The number of benzene rings is 1. The van der Waals surface area contributed by atoms with Gasteiger partial charge in [0.05, 0.1) is 15.5 Å². The van der Waals surface area contributed by atoms with E-state index in [1.54, 1.807) is 0 Å². The molecule has 2 aromatic rings. The zero-order chi connectivity index (χ0) is 20.5. The molecular formula is C19H22ClN5O2S. The Labute approximate surface area is 170 Å². The molecule has 0 spiro atoms. The summed E-state index contributed by atoms with van der Waals surface area (Å²) in [6.07, 6.45) is 0. The molecule has 3 rings (SSSR count). The third kappa shape index (κ3) is 4.12. The monoisotopic (exact) mass is 419 g/mol. The standard InChI is InChI=1S/C19H22ClN5O2S/c1-13(2)19-22-14(3)10-18(23-19)24-6-8-25(9-7-24)28(26,27)16-4-5-17(20)15(11-16)12-21/h4-5,10-11,13H,6-9H2,1-3H3. The van der Waals surface area contributed by atoms with Gasteiger partial charge in [-0.25, -0.2) is 18.4 Å². The van der Waals surface area contributed by atoms with Crippen LogP contribution in [0.1, 0.15) is 36.8 Å². The summed E-state index contributed by atoms with van der Waals surface area (Å²) < 4.78 is 27.3. The predicted octanol–water partition coefficient (Wildman–Crippen LogP) is 2.94. The molecule has 7 nitrogen and oxygen atoms in total. The molecule has 0 saturated carbocycles. The van der Waals surface area contributed by atoms with Gasteiger partial charge in [0, 0.05) is 43.9 Å². The van der Waals surface area contributed by atoms with Crippen LogP contribution < -0.4 is 4.90 Å². The molecule has 2 heterocycles. The molecule has 0 atom stereocenters. The molecule has 1 saturated heterocycles. The van der Waals surface area contributed by atoms with Crippen LogP contribution in [0.25, 0.3) is 0 Å². The molecule has 1 aliphatic rings. The SMILES string of the molecule is Cc1cc(N2CCN(S(=O)(=O)c3ccc(Cl)c(C#N)c3)CC2)nc(C(C)C)n1. The number of aromatic nitrogens is 2. The topological polar surface area (TPSA) is 90.2 Å². The van der Waals surface area contributed by atoms with Crippen LogP contribution in [0.5, 0.6) is 0 Å². The number of nitriles is 1. The molecule has 0 radical (unpaired) electrons. The van der Waals surface area contributed by atoms with Crippen LogP contribution in [0, 0.1) is 18.3 Å². The van der Waals surface area contributed by atoms with Gasteiger partial charge in [-0.1, -0.05) is 25.4 Å². The Morgan fingerprint density at radius 2 is 1.82 bits per heavy atom. The molecule has 28 heavy (non-hydrogen) atoms. The Morgan fingerprint density at radius 3 is 2.43 bits per heavy atom. The van der Waals surface area contributed by atoms with Gasteiger partial charge in [0.2, 0.25) is 10.0 Å². The van der Waals surface area contributed by atoms with Crippen LogP contribution in [0.3, 0.4) is 0 Å². The van der Waals surface area contributed by atoms with Crippen LogP contribution in [0.2, 0.25) is 5.02 Å². The summed E-state index contributed by atoms with van der Waals surface area (Å²) in [5.74, 6) is 1.83. The van der Waals surface area contributed by atoms with E-state index >= 15 is 0 Å². The van der Waals surface area contributed by atoms with E-state index in [0.717, 1.165) is 17.3 Å². The molecular weight excluding hydrogens is 398 g/mol. The van der Waals surface area contributed by atoms with Crippen LogP contribution in [-0.4, -0.2) is 48.9 Å². The smallest absolute Gasteiger partial charge is 0.243 e. The Bertz CT molecular complexity index is 1030. The first-order valence-electron chi connectivity index (χ1n) is 9.02. The van der Waals surface area contributed by atoms with Gasteiger partial charge in [0.1, 0.15) is 17.7 Å². The van der Waals surface area contributed by atoms with E-state index in [0.29, 0.717) is 26.2 Å². The average Bonchev–Trinajstić information content (AvgIpc) is 2.67. The number of aryl methyl sites for hydroxylation is 1. The third-order valence-corrected chi connectivity index (χ3v) is 6.86. The number of anilines is 1. The fraction of sp³-hybridized carbons (Fsp3) is 0.421. The summed E-state index contributed by atoms with van der Waals surface area (Å²) in [7, 11) is -3.68. The van der Waals surface area contributed by atoms with Gasteiger partial charge in [0.15, 0.2) is 0 Å². The maximum Gasteiger partial charge on any atom is 0.243 e. The van der Waals surface area contributed by atoms with Crippen molar-refractivity contribution in [2.75, 3.05) is 31.1 Å². The van der Waals surface area contributed by atoms with Crippen molar-refractivity contribution in [2.45, 2.75) is 31.6 Å². The highest BCUT2D eigenvalue weighted by molar-refractivity contribution is 7.89. The quantitative estimate of drug-likeness (QED) is 0.756. The van der Waals surface area contributed by atoms with E-state index in [-0.39, 0.29) is 21.4 Å². The minimum atomic E-state index is -3.68. The summed E-state index contributed by atoms with van der Waals surface area (Å²) in [6.45, 7) is 7.78. The number of piperazine rings is 1. The number of hydrogen-bond donors (Lipinski definition) is 0. The fourth-order valence-corrected chi connectivity index (χ4v) is 4.66. The Balaban J connectivity index is 1.78. The number of hydrogen-bond acceptors (Lipinski definition) is 6. The molecule has 1 aromatic carbocycles. The van der Waals surface area contributed by atoms with Crippen molar-refractivity contribution in [3.8, 4) is 6.07 Å². The van der Waals surface area contributed by atoms with Crippen LogP contribution >= 0.6 is 11.6 Å². The predicted molar refractivity (Wildman–Crippen MR) is 108 cm³/mol. The first-order chi connectivity index (χ1) is 13.2. The highest BCUT2D eigenvalue weighted by Gasteiger charge is 2.29. The number of sulfonamides is 1. The Morgan fingerprint density at radius 1 is 1.14 bits per heavy atom. The zero-order valence-corrected chi connectivity index (χ0v) is 17.6. The maximum absolute atomic E-state index is 12.9. The molecule has 0 unspecified atom stereocenters. The molecule has 1 fully saturated rings. The number of halogens is 1. The second-order valence-corrected chi connectivity index (χ2v) is 9.37. The van der Waals surface area contributed by atoms with Crippen molar-refractivity contribution < 1.29 is 8.42 Å². The van der Waals surface area contributed by atoms with Gasteiger partial charge in [-0.2, -0.15) is 9.57 Å². The summed E-state index contributed by atoms with van der Waals surface area (Å²) in [4.78, 5) is 11.3. The summed E-state index contributed by atoms with van der Waals surface area (Å²) in [5.41, 5.74) is 1.05. The van der Waals surface area contributed by atoms with Crippen LogP contribution in [0.15, 0.2) is 29.2 Å². The van der Waals surface area contributed by atoms with Crippen LogP contribution in [-0.2, 0) is 10.0 Å². The van der Waals surface area contributed by atoms with Crippen LogP contribution in [0.4, 0.5) is 5.82 Å². The number of nitrogens with zero attached hydrogens (tertiary/aromatic N) is 5. The van der Waals surface area contributed by atoms with Crippen molar-refractivity contribution >= 4 is 27.4 Å². The lowest BCUT2D eigenvalue weighted by molar-refractivity contribution is 0.383. The molecule has 0 amide bonds. The molecule has 0 N–H and O–H groups in total. The summed E-state index contributed by atoms with van der Waals surface area (Å²) >= 11 is 5.92. The van der Waals surface area contributed by atoms with E-state index in [1.807, 2.05) is 32.9 Å². The minimum absolute atomic E-state index is 0.0851. The second kappa shape index (κ2) is 8.03. The first kappa shape index (κ1) is 20.5. The highest BCUT2D eigenvalue weighted by Crippen LogP contribution is 2.25.